The van der Waals surface area contributed by atoms with Gasteiger partial charge in [0, 0.05) is 25.1 Å². The lowest BCUT2D eigenvalue weighted by atomic mass is 10.1. The van der Waals surface area contributed by atoms with E-state index < -0.39 is 0 Å². The van der Waals surface area contributed by atoms with E-state index in [-0.39, 0.29) is 0 Å². The van der Waals surface area contributed by atoms with Crippen LogP contribution in [0.4, 0.5) is 0 Å². The number of likely N-dealkylation sites (N-methyl/N-ethyl adjacent to an activating group) is 1. The molecule has 0 amide bonds. The van der Waals surface area contributed by atoms with Crippen LogP contribution in [0, 0.1) is 0 Å². The van der Waals surface area contributed by atoms with Crippen LogP contribution >= 0.6 is 0 Å². The minimum Gasteiger partial charge on any atom is -0.493 e. The van der Waals surface area contributed by atoms with Gasteiger partial charge in [0.1, 0.15) is 12.4 Å². The van der Waals surface area contributed by atoms with Crippen molar-refractivity contribution in [2.24, 2.45) is 0 Å². The normalized spacial score (nSPS) is 24.8. The molecule has 2 rings (SSSR count). The van der Waals surface area contributed by atoms with Crippen molar-refractivity contribution in [3.63, 3.8) is 0 Å². The molecule has 0 N–H and O–H groups in total. The van der Waals surface area contributed by atoms with Crippen molar-refractivity contribution in [1.82, 2.24) is 4.90 Å². The van der Waals surface area contributed by atoms with Gasteiger partial charge in [0.15, 0.2) is 0 Å². The molecule has 0 atom stereocenters. The molecule has 2 heterocycles. The second kappa shape index (κ2) is 2.70. The molecule has 0 spiro atoms. The van der Waals surface area contributed by atoms with Crippen LogP contribution in [0.1, 0.15) is 6.42 Å². The molecule has 0 unspecified atom stereocenters. The molecule has 60 valence electrons. The Hall–Kier alpha value is -0.760. The lowest BCUT2D eigenvalue weighted by Gasteiger charge is -2.27. The van der Waals surface area contributed by atoms with Crippen molar-refractivity contribution in [1.29, 1.82) is 0 Å². The Kier molecular flexibility index (Phi) is 1.70. The molecule has 0 fully saturated rings. The maximum Gasteiger partial charge on any atom is 0.106 e. The minimum atomic E-state index is 0.766. The fourth-order valence-electron chi connectivity index (χ4n) is 1.56. The number of ether oxygens (including phenoxy) is 1. The molecule has 0 aromatic rings. The quantitative estimate of drug-likeness (QED) is 0.515. The summed E-state index contributed by atoms with van der Waals surface area (Å²) < 4.78 is 5.50. The predicted molar refractivity (Wildman–Crippen MR) is 44.2 cm³/mol. The topological polar surface area (TPSA) is 12.5 Å². The molecule has 2 aliphatic heterocycles. The Balaban J connectivity index is 2.19. The van der Waals surface area contributed by atoms with Gasteiger partial charge in [-0.05, 0) is 13.1 Å². The second-order valence-corrected chi connectivity index (χ2v) is 3.15. The number of rotatable bonds is 0. The summed E-state index contributed by atoms with van der Waals surface area (Å²) in [5.74, 6) is 1.21. The predicted octanol–water partition coefficient (Wildman–Crippen LogP) is 1.16. The summed E-state index contributed by atoms with van der Waals surface area (Å²) in [5, 5.41) is 0. The Bertz CT molecular complexity index is 218. The number of hydrogen-bond acceptors (Lipinski definition) is 2. The third-order valence-electron chi connectivity index (χ3n) is 2.19. The largest absolute Gasteiger partial charge is 0.493 e. The maximum absolute atomic E-state index is 5.50. The summed E-state index contributed by atoms with van der Waals surface area (Å²) in [6, 6.07) is 0. The number of hydrogen-bond donors (Lipinski definition) is 0. The zero-order valence-corrected chi connectivity index (χ0v) is 6.84. The zero-order valence-electron chi connectivity index (χ0n) is 6.84. The van der Waals surface area contributed by atoms with Crippen molar-refractivity contribution >= 4 is 0 Å². The highest BCUT2D eigenvalue weighted by Crippen LogP contribution is 2.21. The lowest BCUT2D eigenvalue weighted by molar-refractivity contribution is 0.196. The van der Waals surface area contributed by atoms with Crippen molar-refractivity contribution in [2.75, 3.05) is 26.7 Å². The first-order valence-corrected chi connectivity index (χ1v) is 4.06. The van der Waals surface area contributed by atoms with Gasteiger partial charge in [-0.2, -0.15) is 0 Å². The van der Waals surface area contributed by atoms with Gasteiger partial charge in [-0.25, -0.2) is 0 Å². The van der Waals surface area contributed by atoms with Crippen LogP contribution in [0.15, 0.2) is 23.5 Å². The van der Waals surface area contributed by atoms with Gasteiger partial charge >= 0.3 is 0 Å². The Morgan fingerprint density at radius 3 is 3.36 bits per heavy atom. The molecule has 0 aliphatic carbocycles. The first kappa shape index (κ1) is 6.92. The molecule has 0 bridgehead atoms. The SMILES string of the molecule is CN1CCC2=C(C=CCO2)C1. The third kappa shape index (κ3) is 1.31. The highest BCUT2D eigenvalue weighted by Gasteiger charge is 2.16. The highest BCUT2D eigenvalue weighted by atomic mass is 16.5. The van der Waals surface area contributed by atoms with Crippen LogP contribution in [-0.2, 0) is 4.74 Å². The van der Waals surface area contributed by atoms with E-state index in [1.165, 1.54) is 11.3 Å². The zero-order chi connectivity index (χ0) is 7.68. The van der Waals surface area contributed by atoms with Crippen LogP contribution in [0.3, 0.4) is 0 Å². The molecule has 0 saturated heterocycles. The Morgan fingerprint density at radius 2 is 2.45 bits per heavy atom. The summed E-state index contributed by atoms with van der Waals surface area (Å²) in [5.41, 5.74) is 1.37. The van der Waals surface area contributed by atoms with Gasteiger partial charge in [0.05, 0.1) is 0 Å². The van der Waals surface area contributed by atoms with Gasteiger partial charge in [0.25, 0.3) is 0 Å². The molecule has 0 saturated carbocycles. The molecule has 2 heteroatoms. The van der Waals surface area contributed by atoms with Crippen molar-refractivity contribution < 1.29 is 4.74 Å². The fraction of sp³-hybridized carbons (Fsp3) is 0.556. The average Bonchev–Trinajstić information content (AvgIpc) is 2.04. The van der Waals surface area contributed by atoms with E-state index in [1.807, 2.05) is 0 Å². The summed E-state index contributed by atoms with van der Waals surface area (Å²) in [6.45, 7) is 2.95. The molecule has 11 heavy (non-hydrogen) atoms. The Morgan fingerprint density at radius 1 is 1.55 bits per heavy atom. The van der Waals surface area contributed by atoms with Crippen LogP contribution in [0.2, 0.25) is 0 Å². The van der Waals surface area contributed by atoms with E-state index in [0.29, 0.717) is 0 Å². The summed E-state index contributed by atoms with van der Waals surface area (Å²) in [6.07, 6.45) is 5.35. The first-order chi connectivity index (χ1) is 5.36. The maximum atomic E-state index is 5.50. The lowest BCUT2D eigenvalue weighted by Crippen LogP contribution is -2.29. The average molecular weight is 151 g/mol. The molecule has 0 aromatic heterocycles. The van der Waals surface area contributed by atoms with E-state index in [1.54, 1.807) is 0 Å². The number of nitrogens with zero attached hydrogens (tertiary/aromatic N) is 1. The molecule has 2 nitrogen and oxygen atoms in total. The summed E-state index contributed by atoms with van der Waals surface area (Å²) in [7, 11) is 2.15. The van der Waals surface area contributed by atoms with Crippen LogP contribution in [0.5, 0.6) is 0 Å². The van der Waals surface area contributed by atoms with E-state index in [4.69, 9.17) is 4.74 Å². The second-order valence-electron chi connectivity index (χ2n) is 3.15. The van der Waals surface area contributed by atoms with Gasteiger partial charge in [-0.3, -0.25) is 0 Å². The van der Waals surface area contributed by atoms with Crippen molar-refractivity contribution in [3.8, 4) is 0 Å². The smallest absolute Gasteiger partial charge is 0.106 e. The van der Waals surface area contributed by atoms with Crippen LogP contribution < -0.4 is 0 Å². The van der Waals surface area contributed by atoms with Gasteiger partial charge < -0.3 is 9.64 Å². The standard InChI is InChI=1S/C9H13NO/c1-10-5-4-9-8(7-10)3-2-6-11-9/h2-3H,4-7H2,1H3. The van der Waals surface area contributed by atoms with Crippen LogP contribution in [0.25, 0.3) is 0 Å². The van der Waals surface area contributed by atoms with Gasteiger partial charge in [-0.1, -0.05) is 6.08 Å². The third-order valence-corrected chi connectivity index (χ3v) is 2.19. The van der Waals surface area contributed by atoms with Gasteiger partial charge in [-0.15, -0.1) is 0 Å². The monoisotopic (exact) mass is 151 g/mol. The molecule has 2 aliphatic rings. The van der Waals surface area contributed by atoms with Crippen molar-refractivity contribution in [2.45, 2.75) is 6.42 Å². The van der Waals surface area contributed by atoms with E-state index in [0.717, 1.165) is 26.1 Å². The first-order valence-electron chi connectivity index (χ1n) is 4.06. The molecular formula is C9H13NO. The minimum absolute atomic E-state index is 0.766. The van der Waals surface area contributed by atoms with E-state index >= 15 is 0 Å². The molecule has 0 radical (unpaired) electrons. The molecular weight excluding hydrogens is 138 g/mol. The van der Waals surface area contributed by atoms with E-state index in [2.05, 4.69) is 24.1 Å². The van der Waals surface area contributed by atoms with Gasteiger partial charge in [0.2, 0.25) is 0 Å². The highest BCUT2D eigenvalue weighted by molar-refractivity contribution is 5.28. The Labute approximate surface area is 67.1 Å². The van der Waals surface area contributed by atoms with Crippen LogP contribution in [-0.4, -0.2) is 31.6 Å². The molecule has 0 aromatic carbocycles. The van der Waals surface area contributed by atoms with E-state index in [9.17, 15) is 0 Å². The van der Waals surface area contributed by atoms with Crippen molar-refractivity contribution in [3.05, 3.63) is 23.5 Å². The fourth-order valence-corrected chi connectivity index (χ4v) is 1.56. The summed E-state index contributed by atoms with van der Waals surface area (Å²) in [4.78, 5) is 2.32. The summed E-state index contributed by atoms with van der Waals surface area (Å²) >= 11 is 0.